The van der Waals surface area contributed by atoms with E-state index in [-0.39, 0.29) is 5.56 Å². The molecule has 23 heavy (non-hydrogen) atoms. The van der Waals surface area contributed by atoms with E-state index in [4.69, 9.17) is 4.52 Å². The molecule has 2 aromatic rings. The Balaban J connectivity index is 1.31. The van der Waals surface area contributed by atoms with E-state index in [1.807, 2.05) is 6.07 Å². The molecule has 3 heterocycles. The fourth-order valence-electron chi connectivity index (χ4n) is 3.33. The molecule has 0 radical (unpaired) electrons. The van der Waals surface area contributed by atoms with Crippen LogP contribution in [0.25, 0.3) is 0 Å². The third-order valence-corrected chi connectivity index (χ3v) is 4.93. The molecule has 1 aliphatic heterocycles. The molecule has 2 aliphatic rings. The van der Waals surface area contributed by atoms with Crippen molar-refractivity contribution >= 4 is 0 Å². The lowest BCUT2D eigenvalue weighted by Crippen LogP contribution is -2.36. The maximum Gasteiger partial charge on any atom is 0.253 e. The molecule has 0 spiro atoms. The molecule has 6 heteroatoms. The monoisotopic (exact) mass is 314 g/mol. The minimum Gasteiger partial charge on any atom is -0.360 e. The van der Waals surface area contributed by atoms with E-state index in [0.717, 1.165) is 50.5 Å². The average Bonchev–Trinajstić information content (AvgIpc) is 3.29. The van der Waals surface area contributed by atoms with Crippen molar-refractivity contribution in [1.29, 1.82) is 0 Å². The van der Waals surface area contributed by atoms with Gasteiger partial charge in [0.1, 0.15) is 0 Å². The molecule has 122 valence electrons. The Morgan fingerprint density at radius 3 is 2.70 bits per heavy atom. The Morgan fingerprint density at radius 2 is 2.04 bits per heavy atom. The molecule has 2 fully saturated rings. The van der Waals surface area contributed by atoms with Crippen LogP contribution < -0.4 is 5.56 Å². The fraction of sp³-hybridized carbons (Fsp3) is 0.588. The third kappa shape index (κ3) is 3.52. The van der Waals surface area contributed by atoms with Crippen LogP contribution in [-0.4, -0.2) is 32.7 Å². The number of hydrogen-bond donors (Lipinski definition) is 0. The Bertz CT molecular complexity index is 698. The number of rotatable bonds is 5. The van der Waals surface area contributed by atoms with E-state index < -0.39 is 0 Å². The summed E-state index contributed by atoms with van der Waals surface area (Å²) in [5, 5.41) is 3.75. The second-order valence-corrected chi connectivity index (χ2v) is 6.78. The van der Waals surface area contributed by atoms with Gasteiger partial charge in [-0.25, -0.2) is 4.98 Å². The van der Waals surface area contributed by atoms with Crippen molar-refractivity contribution in [3.63, 3.8) is 0 Å². The van der Waals surface area contributed by atoms with Crippen LogP contribution in [-0.2, 0) is 13.1 Å². The van der Waals surface area contributed by atoms with Crippen molar-refractivity contribution in [2.75, 3.05) is 13.1 Å². The van der Waals surface area contributed by atoms with Gasteiger partial charge in [0.25, 0.3) is 5.56 Å². The zero-order chi connectivity index (χ0) is 15.6. The van der Waals surface area contributed by atoms with Crippen molar-refractivity contribution in [3.05, 3.63) is 46.5 Å². The van der Waals surface area contributed by atoms with Gasteiger partial charge >= 0.3 is 0 Å². The second-order valence-electron chi connectivity index (χ2n) is 6.78. The van der Waals surface area contributed by atoms with E-state index in [2.05, 4.69) is 15.0 Å². The smallest absolute Gasteiger partial charge is 0.253 e. The zero-order valence-corrected chi connectivity index (χ0v) is 13.2. The van der Waals surface area contributed by atoms with Gasteiger partial charge in [0.05, 0.1) is 24.8 Å². The highest BCUT2D eigenvalue weighted by Gasteiger charge is 2.26. The van der Waals surface area contributed by atoms with Gasteiger partial charge in [-0.2, -0.15) is 0 Å². The first-order valence-electron chi connectivity index (χ1n) is 8.46. The van der Waals surface area contributed by atoms with Gasteiger partial charge in [0.2, 0.25) is 0 Å². The van der Waals surface area contributed by atoms with Crippen molar-refractivity contribution in [2.24, 2.45) is 5.92 Å². The molecule has 0 N–H and O–H groups in total. The largest absolute Gasteiger partial charge is 0.360 e. The normalized spacial score (nSPS) is 20.0. The maximum atomic E-state index is 12.2. The van der Waals surface area contributed by atoms with Crippen LogP contribution in [0.2, 0.25) is 0 Å². The molecule has 4 rings (SSSR count). The van der Waals surface area contributed by atoms with E-state index >= 15 is 0 Å². The first kappa shape index (κ1) is 14.6. The van der Waals surface area contributed by atoms with Gasteiger partial charge in [0, 0.05) is 24.6 Å². The summed E-state index contributed by atoms with van der Waals surface area (Å²) in [7, 11) is 0. The predicted molar refractivity (Wildman–Crippen MR) is 85.0 cm³/mol. The fourth-order valence-corrected chi connectivity index (χ4v) is 3.33. The van der Waals surface area contributed by atoms with E-state index in [0.29, 0.717) is 11.8 Å². The van der Waals surface area contributed by atoms with Crippen molar-refractivity contribution in [1.82, 2.24) is 19.6 Å². The third-order valence-electron chi connectivity index (χ3n) is 4.93. The number of hydrogen-bond acceptors (Lipinski definition) is 5. The summed E-state index contributed by atoms with van der Waals surface area (Å²) in [5.74, 6) is 2.00. The van der Waals surface area contributed by atoms with Crippen LogP contribution in [0.4, 0.5) is 0 Å². The molecule has 0 atom stereocenters. The van der Waals surface area contributed by atoms with Crippen LogP contribution in [0.5, 0.6) is 0 Å². The van der Waals surface area contributed by atoms with Crippen LogP contribution >= 0.6 is 0 Å². The summed E-state index contributed by atoms with van der Waals surface area (Å²) in [4.78, 5) is 19.1. The SMILES string of the molecule is O=c1cc(C2CC2)ncn1CC1CCN(Cc2ccno2)CC1. The summed E-state index contributed by atoms with van der Waals surface area (Å²) in [6, 6.07) is 3.65. The average molecular weight is 314 g/mol. The molecule has 2 aromatic heterocycles. The van der Waals surface area contributed by atoms with Gasteiger partial charge < -0.3 is 4.52 Å². The molecule has 0 aromatic carbocycles. The number of piperidine rings is 1. The lowest BCUT2D eigenvalue weighted by atomic mass is 9.96. The minimum absolute atomic E-state index is 0.103. The summed E-state index contributed by atoms with van der Waals surface area (Å²) >= 11 is 0. The van der Waals surface area contributed by atoms with E-state index in [1.54, 1.807) is 23.2 Å². The molecule has 0 bridgehead atoms. The van der Waals surface area contributed by atoms with E-state index in [1.165, 1.54) is 12.8 Å². The summed E-state index contributed by atoms with van der Waals surface area (Å²) in [5.41, 5.74) is 1.08. The summed E-state index contributed by atoms with van der Waals surface area (Å²) in [6.07, 6.45) is 8.00. The molecule has 0 amide bonds. The number of nitrogens with zero attached hydrogens (tertiary/aromatic N) is 4. The quantitative estimate of drug-likeness (QED) is 0.845. The molecule has 6 nitrogen and oxygen atoms in total. The molecule has 1 saturated carbocycles. The van der Waals surface area contributed by atoms with E-state index in [9.17, 15) is 4.79 Å². The summed E-state index contributed by atoms with van der Waals surface area (Å²) in [6.45, 7) is 3.68. The van der Waals surface area contributed by atoms with Gasteiger partial charge in [0.15, 0.2) is 5.76 Å². The molecular weight excluding hydrogens is 292 g/mol. The molecular formula is C17H22N4O2. The number of likely N-dealkylation sites (tertiary alicyclic amines) is 1. The predicted octanol–water partition coefficient (Wildman–Crippen LogP) is 2.02. The highest BCUT2D eigenvalue weighted by Crippen LogP contribution is 2.38. The first-order chi connectivity index (χ1) is 11.3. The zero-order valence-electron chi connectivity index (χ0n) is 13.2. The Hall–Kier alpha value is -1.95. The van der Waals surface area contributed by atoms with Crippen LogP contribution in [0.1, 0.15) is 43.1 Å². The van der Waals surface area contributed by atoms with Crippen molar-refractivity contribution < 1.29 is 4.52 Å². The van der Waals surface area contributed by atoms with Gasteiger partial charge in [-0.3, -0.25) is 14.3 Å². The second kappa shape index (κ2) is 6.28. The Morgan fingerprint density at radius 1 is 1.22 bits per heavy atom. The lowest BCUT2D eigenvalue weighted by molar-refractivity contribution is 0.152. The topological polar surface area (TPSA) is 64.2 Å². The van der Waals surface area contributed by atoms with Crippen LogP contribution in [0.3, 0.4) is 0 Å². The van der Waals surface area contributed by atoms with Crippen LogP contribution in [0, 0.1) is 5.92 Å². The highest BCUT2D eigenvalue weighted by atomic mass is 16.5. The molecule has 1 aliphatic carbocycles. The highest BCUT2D eigenvalue weighted by molar-refractivity contribution is 5.12. The Labute approximate surface area is 135 Å². The maximum absolute atomic E-state index is 12.2. The minimum atomic E-state index is 0.103. The summed E-state index contributed by atoms with van der Waals surface area (Å²) < 4.78 is 6.95. The van der Waals surface area contributed by atoms with Crippen LogP contribution in [0.15, 0.2) is 34.0 Å². The lowest BCUT2D eigenvalue weighted by Gasteiger charge is -2.31. The number of aromatic nitrogens is 3. The van der Waals surface area contributed by atoms with Gasteiger partial charge in [-0.05, 0) is 44.7 Å². The standard InChI is InChI=1S/C17H22N4O2/c22-17-9-16(14-1-2-14)18-12-21(17)10-13-4-7-20(8-5-13)11-15-3-6-19-23-15/h3,6,9,12-14H,1-2,4-5,7-8,10-11H2. The molecule has 0 unspecified atom stereocenters. The first-order valence-corrected chi connectivity index (χ1v) is 8.46. The Kier molecular flexibility index (Phi) is 3.99. The van der Waals surface area contributed by atoms with Gasteiger partial charge in [-0.15, -0.1) is 0 Å². The van der Waals surface area contributed by atoms with Crippen molar-refractivity contribution in [3.8, 4) is 0 Å². The van der Waals surface area contributed by atoms with Crippen molar-refractivity contribution in [2.45, 2.75) is 44.7 Å². The molecule has 1 saturated heterocycles. The van der Waals surface area contributed by atoms with Gasteiger partial charge in [-0.1, -0.05) is 5.16 Å².